The SMILES string of the molecule is [2H]C([2H])([2H])N(C)[C@H]1C[C@@H](C)O[C@@H](O[C@@H]2[C@@H](C)[C@H](O[C@H]3C[C@@](C)(OC)[C@@H](O)[C@H](C)O3)[C@@H](C)C(=O)O[C@H](CC)[C@](C)(O)[C@H](O)[C@@H](C)C(=O)[C@H](C)C[C@@]2(C)O)[C@@H]1O. The largest absolute Gasteiger partial charge is 0.459 e. The molecule has 3 heterocycles. The van der Waals surface area contributed by atoms with E-state index in [9.17, 15) is 35.1 Å². The van der Waals surface area contributed by atoms with Crippen LogP contribution in [0, 0.1) is 23.7 Å². The zero-order chi connectivity index (χ0) is 41.5. The van der Waals surface area contributed by atoms with Gasteiger partial charge >= 0.3 is 5.97 Å². The van der Waals surface area contributed by atoms with Gasteiger partial charge in [0.05, 0.1) is 47.6 Å². The zero-order valence-corrected chi connectivity index (χ0v) is 32.4. The lowest BCUT2D eigenvalue weighted by Crippen LogP contribution is -2.61. The fourth-order valence-corrected chi connectivity index (χ4v) is 8.28. The van der Waals surface area contributed by atoms with Crippen molar-refractivity contribution in [3.63, 3.8) is 0 Å². The molecule has 3 saturated heterocycles. The molecule has 3 fully saturated rings. The van der Waals surface area contributed by atoms with Crippen LogP contribution >= 0.6 is 0 Å². The van der Waals surface area contributed by atoms with Gasteiger partial charge in [-0.05, 0) is 74.8 Å². The maximum Gasteiger partial charge on any atom is 0.311 e. The number of carbonyl (C=O) groups excluding carboxylic acids is 2. The summed E-state index contributed by atoms with van der Waals surface area (Å²) in [7, 11) is 2.82. The lowest BCUT2D eigenvalue weighted by molar-refractivity contribution is -0.318. The molecule has 0 amide bonds. The number of carbonyl (C=O) groups is 2. The van der Waals surface area contributed by atoms with Crippen LogP contribution in [0.4, 0.5) is 0 Å². The predicted octanol–water partition coefficient (Wildman–Crippen LogP) is 1.79. The monoisotopic (exact) mass is 736 g/mol. The quantitative estimate of drug-likeness (QED) is 0.238. The van der Waals surface area contributed by atoms with Crippen LogP contribution in [0.25, 0.3) is 0 Å². The second-order valence-corrected chi connectivity index (χ2v) is 16.1. The molecule has 298 valence electrons. The maximum absolute atomic E-state index is 14.1. The number of nitrogens with zero attached hydrogens (tertiary/aromatic N) is 1. The number of Topliss-reactive ketones (excluding diaryl/α,β-unsaturated/α-hetero) is 1. The summed E-state index contributed by atoms with van der Waals surface area (Å²) in [6.07, 6.45) is -11.7. The Morgan fingerprint density at radius 2 is 1.57 bits per heavy atom. The number of esters is 1. The van der Waals surface area contributed by atoms with Gasteiger partial charge in [-0.25, -0.2) is 0 Å². The Morgan fingerprint density at radius 3 is 2.14 bits per heavy atom. The molecular weight excluding hydrogens is 666 g/mol. The van der Waals surface area contributed by atoms with Gasteiger partial charge in [0, 0.05) is 41.4 Å². The van der Waals surface area contributed by atoms with Gasteiger partial charge in [0.2, 0.25) is 0 Å². The van der Waals surface area contributed by atoms with Crippen molar-refractivity contribution in [2.24, 2.45) is 23.7 Å². The molecule has 14 nitrogen and oxygen atoms in total. The standard InChI is InChI=1S/C37H67NO13/c1-14-25-37(10,45)30(41)20(4)27(39)18(2)16-35(8,44)32(51-34-28(40)24(38(11)12)15-19(3)47-34)21(5)29(22(6)33(43)49-25)50-26-17-36(9,46-13)31(42)23(7)48-26/h18-26,28-32,34,40-42,44-45H,14-17H2,1-13H3/t18-,19-,20+,21+,22-,23+,24+,25-,26+,28-,29+,30-,31+,32-,34+,35-,36-,37+/m1/s1/i11D3. The van der Waals surface area contributed by atoms with Crippen molar-refractivity contribution in [3.8, 4) is 0 Å². The number of aliphatic hydroxyl groups excluding tert-OH is 3. The van der Waals surface area contributed by atoms with Gasteiger partial charge in [-0.2, -0.15) is 0 Å². The normalized spacial score (nSPS) is 50.9. The summed E-state index contributed by atoms with van der Waals surface area (Å²) in [6, 6.07) is -0.928. The van der Waals surface area contributed by atoms with E-state index >= 15 is 0 Å². The third kappa shape index (κ3) is 9.51. The number of hydrogen-bond acceptors (Lipinski definition) is 14. The average molecular weight is 737 g/mol. The van der Waals surface area contributed by atoms with Crippen molar-refractivity contribution < 1.29 is 67.7 Å². The highest BCUT2D eigenvalue weighted by atomic mass is 16.7. The second kappa shape index (κ2) is 17.0. The third-order valence-electron chi connectivity index (χ3n) is 11.7. The number of aliphatic hydroxyl groups is 5. The Bertz CT molecular complexity index is 1270. The lowest BCUT2D eigenvalue weighted by atomic mass is 9.74. The number of ketones is 1. The Kier molecular flexibility index (Phi) is 13.1. The minimum atomic E-state index is -2.55. The highest BCUT2D eigenvalue weighted by Crippen LogP contribution is 2.40. The molecule has 3 aliphatic rings. The first kappa shape index (κ1) is 39.4. The molecule has 0 radical (unpaired) electrons. The van der Waals surface area contributed by atoms with E-state index < -0.39 is 127 Å². The smallest absolute Gasteiger partial charge is 0.311 e. The third-order valence-corrected chi connectivity index (χ3v) is 11.7. The van der Waals surface area contributed by atoms with E-state index in [4.69, 9.17) is 32.5 Å². The van der Waals surface area contributed by atoms with Crippen molar-refractivity contribution in [2.75, 3.05) is 21.1 Å². The molecule has 14 heteroatoms. The number of ether oxygens (including phenoxy) is 6. The van der Waals surface area contributed by atoms with E-state index in [0.717, 1.165) is 4.90 Å². The van der Waals surface area contributed by atoms with E-state index in [-0.39, 0.29) is 25.7 Å². The molecule has 5 N–H and O–H groups in total. The van der Waals surface area contributed by atoms with Crippen LogP contribution in [-0.2, 0) is 38.0 Å². The first-order chi connectivity index (χ1) is 24.6. The molecule has 51 heavy (non-hydrogen) atoms. The molecule has 0 spiro atoms. The van der Waals surface area contributed by atoms with Gasteiger partial charge in [-0.3, -0.25) is 9.59 Å². The average Bonchev–Trinajstić information content (AvgIpc) is 3.08. The molecule has 0 aromatic heterocycles. The van der Waals surface area contributed by atoms with Crippen LogP contribution in [0.1, 0.15) is 99.0 Å². The van der Waals surface area contributed by atoms with Crippen LogP contribution in [0.3, 0.4) is 0 Å². The van der Waals surface area contributed by atoms with Gasteiger partial charge in [-0.15, -0.1) is 0 Å². The van der Waals surface area contributed by atoms with E-state index in [1.54, 1.807) is 48.5 Å². The van der Waals surface area contributed by atoms with E-state index in [1.165, 1.54) is 34.9 Å². The van der Waals surface area contributed by atoms with Gasteiger partial charge < -0.3 is 58.9 Å². The highest BCUT2D eigenvalue weighted by molar-refractivity contribution is 5.83. The van der Waals surface area contributed by atoms with Crippen LogP contribution in [0.5, 0.6) is 0 Å². The van der Waals surface area contributed by atoms with Crippen molar-refractivity contribution in [3.05, 3.63) is 0 Å². The molecule has 0 aromatic carbocycles. The minimum absolute atomic E-state index is 0.0366. The number of hydrogen-bond donors (Lipinski definition) is 5. The Balaban J connectivity index is 2.20. The first-order valence-corrected chi connectivity index (χ1v) is 18.3. The number of methoxy groups -OCH3 is 1. The number of likely N-dealkylation sites (N-methyl/N-ethyl adjacent to an activating group) is 1. The molecule has 3 aliphatic heterocycles. The zero-order valence-electron chi connectivity index (χ0n) is 35.4. The number of rotatable bonds is 7. The van der Waals surface area contributed by atoms with Crippen molar-refractivity contribution in [2.45, 2.75) is 179 Å². The van der Waals surface area contributed by atoms with E-state index in [2.05, 4.69) is 0 Å². The molecule has 0 saturated carbocycles. The summed E-state index contributed by atoms with van der Waals surface area (Å²) in [4.78, 5) is 29.0. The summed E-state index contributed by atoms with van der Waals surface area (Å²) in [5.41, 5.74) is -5.07. The van der Waals surface area contributed by atoms with Crippen LogP contribution in [-0.4, -0.2) is 148 Å². The van der Waals surface area contributed by atoms with Crippen LogP contribution in [0.2, 0.25) is 0 Å². The van der Waals surface area contributed by atoms with Crippen molar-refractivity contribution >= 4 is 11.8 Å². The summed E-state index contributed by atoms with van der Waals surface area (Å²) in [5, 5.41) is 57.8. The summed E-state index contributed by atoms with van der Waals surface area (Å²) < 4.78 is 60.7. The molecule has 0 aromatic rings. The Morgan fingerprint density at radius 1 is 0.941 bits per heavy atom. The summed E-state index contributed by atoms with van der Waals surface area (Å²) >= 11 is 0. The lowest BCUT2D eigenvalue weighted by Gasteiger charge is -2.49. The molecule has 18 atom stereocenters. The Labute approximate surface area is 308 Å². The maximum atomic E-state index is 14.1. The molecule has 3 rings (SSSR count). The Hall–Kier alpha value is -1.30. The minimum Gasteiger partial charge on any atom is -0.459 e. The van der Waals surface area contributed by atoms with E-state index in [1.807, 2.05) is 0 Å². The predicted molar refractivity (Wildman–Crippen MR) is 186 cm³/mol. The van der Waals surface area contributed by atoms with Gasteiger partial charge in [0.15, 0.2) is 12.6 Å². The van der Waals surface area contributed by atoms with Crippen LogP contribution in [0.15, 0.2) is 0 Å². The van der Waals surface area contributed by atoms with Gasteiger partial charge in [0.25, 0.3) is 0 Å². The van der Waals surface area contributed by atoms with Crippen LogP contribution < -0.4 is 0 Å². The van der Waals surface area contributed by atoms with Crippen molar-refractivity contribution in [1.82, 2.24) is 4.90 Å². The molecule has 0 unspecified atom stereocenters. The molecule has 0 bridgehead atoms. The first-order valence-electron chi connectivity index (χ1n) is 19.8. The molecule has 0 aliphatic carbocycles. The van der Waals surface area contributed by atoms with Gasteiger partial charge in [-0.1, -0.05) is 27.7 Å². The summed E-state index contributed by atoms with van der Waals surface area (Å²) in [6.45, 7) is 13.2. The second-order valence-electron chi connectivity index (χ2n) is 16.1. The molecular formula is C37H67NO13. The fourth-order valence-electron chi connectivity index (χ4n) is 8.28. The highest BCUT2D eigenvalue weighted by Gasteiger charge is 2.53. The fraction of sp³-hybridized carbons (Fsp3) is 0.946. The summed E-state index contributed by atoms with van der Waals surface area (Å²) in [5.74, 6) is -5.45. The van der Waals surface area contributed by atoms with Crippen molar-refractivity contribution in [1.29, 1.82) is 0 Å². The topological polar surface area (TPSA) is 194 Å². The number of cyclic esters (lactones) is 1. The van der Waals surface area contributed by atoms with E-state index in [0.29, 0.717) is 0 Å². The van der Waals surface area contributed by atoms with Gasteiger partial charge in [0.1, 0.15) is 29.7 Å².